The Morgan fingerprint density at radius 3 is 2.43 bits per heavy atom. The molecular weight excluding hydrogens is 446 g/mol. The van der Waals surface area contributed by atoms with Gasteiger partial charge >= 0.3 is 5.97 Å². The van der Waals surface area contributed by atoms with E-state index in [-0.39, 0.29) is 12.1 Å². The van der Waals surface area contributed by atoms with Crippen LogP contribution in [0.1, 0.15) is 89.5 Å². The molecule has 0 saturated heterocycles. The number of hydrogen-bond acceptors (Lipinski definition) is 7. The SMILES string of the molecule is CCCCCC(Oc1ccc(CC(N)OC=O)cc1)C(O)CC=CCCCCCCCC(=O)OC. The Labute approximate surface area is 211 Å². The van der Waals surface area contributed by atoms with E-state index in [0.29, 0.717) is 31.5 Å². The Bertz CT molecular complexity index is 706. The molecule has 35 heavy (non-hydrogen) atoms. The first-order valence-corrected chi connectivity index (χ1v) is 13.0. The smallest absolute Gasteiger partial charge is 0.305 e. The number of aliphatic hydroxyl groups excluding tert-OH is 1. The van der Waals surface area contributed by atoms with Gasteiger partial charge in [0.15, 0.2) is 6.23 Å². The van der Waals surface area contributed by atoms with E-state index in [1.54, 1.807) is 0 Å². The van der Waals surface area contributed by atoms with Crippen LogP contribution in [0.5, 0.6) is 5.75 Å². The summed E-state index contributed by atoms with van der Waals surface area (Å²) in [6, 6.07) is 7.52. The summed E-state index contributed by atoms with van der Waals surface area (Å²) >= 11 is 0. The largest absolute Gasteiger partial charge is 0.488 e. The summed E-state index contributed by atoms with van der Waals surface area (Å²) in [7, 11) is 1.43. The van der Waals surface area contributed by atoms with Crippen LogP contribution >= 0.6 is 0 Å². The minimum Gasteiger partial charge on any atom is -0.488 e. The van der Waals surface area contributed by atoms with E-state index in [2.05, 4.69) is 23.8 Å². The number of rotatable bonds is 21. The number of nitrogens with two attached hydrogens (primary N) is 1. The van der Waals surface area contributed by atoms with Crippen molar-refractivity contribution in [2.75, 3.05) is 7.11 Å². The Hall–Kier alpha value is -2.38. The lowest BCUT2D eigenvalue weighted by Crippen LogP contribution is -2.31. The van der Waals surface area contributed by atoms with Crippen LogP contribution in [0.25, 0.3) is 0 Å². The number of esters is 1. The number of aliphatic hydroxyl groups is 1. The minimum atomic E-state index is -0.666. The zero-order valence-electron chi connectivity index (χ0n) is 21.5. The molecule has 3 atom stereocenters. The third-order valence-corrected chi connectivity index (χ3v) is 5.92. The normalized spacial score (nSPS) is 13.8. The van der Waals surface area contributed by atoms with Crippen LogP contribution in [0, 0.1) is 0 Å². The Morgan fingerprint density at radius 1 is 1.03 bits per heavy atom. The molecule has 0 saturated carbocycles. The lowest BCUT2D eigenvalue weighted by molar-refractivity contribution is -0.140. The van der Waals surface area contributed by atoms with Crippen LogP contribution in [0.15, 0.2) is 36.4 Å². The first-order valence-electron chi connectivity index (χ1n) is 13.0. The summed E-state index contributed by atoms with van der Waals surface area (Å²) in [4.78, 5) is 21.5. The minimum absolute atomic E-state index is 0.133. The van der Waals surface area contributed by atoms with Crippen molar-refractivity contribution in [2.45, 2.75) is 109 Å². The maximum Gasteiger partial charge on any atom is 0.305 e. The number of carbonyl (C=O) groups is 2. The zero-order chi connectivity index (χ0) is 25.7. The number of benzene rings is 1. The number of methoxy groups -OCH3 is 1. The summed E-state index contributed by atoms with van der Waals surface area (Å²) in [5, 5.41) is 10.8. The highest BCUT2D eigenvalue weighted by atomic mass is 16.5. The molecule has 0 aliphatic heterocycles. The van der Waals surface area contributed by atoms with Crippen LogP contribution in [0.2, 0.25) is 0 Å². The number of carbonyl (C=O) groups excluding carboxylic acids is 2. The second-order valence-electron chi connectivity index (χ2n) is 8.93. The standard InChI is InChI=1S/C28H45NO6/c1-3-4-11-15-26(35-24-19-17-23(18-20-24)21-27(29)34-22-30)25(31)14-12-9-7-5-6-8-10-13-16-28(32)33-2/h9,12,17-20,22,25-27,31H,3-8,10-11,13-16,21,29H2,1-2H3. The zero-order valence-corrected chi connectivity index (χ0v) is 21.5. The van der Waals surface area contributed by atoms with Gasteiger partial charge in [0.2, 0.25) is 0 Å². The molecule has 3 N–H and O–H groups in total. The van der Waals surface area contributed by atoms with Crippen molar-refractivity contribution < 1.29 is 28.9 Å². The molecule has 7 nitrogen and oxygen atoms in total. The van der Waals surface area contributed by atoms with Crippen LogP contribution in [-0.2, 0) is 25.5 Å². The molecule has 0 spiro atoms. The summed E-state index contributed by atoms with van der Waals surface area (Å²) in [6.45, 7) is 2.51. The summed E-state index contributed by atoms with van der Waals surface area (Å²) in [5.41, 5.74) is 6.67. The second-order valence-corrected chi connectivity index (χ2v) is 8.93. The quantitative estimate of drug-likeness (QED) is 0.0797. The number of allylic oxidation sites excluding steroid dienone is 1. The average Bonchev–Trinajstić information content (AvgIpc) is 2.85. The topological polar surface area (TPSA) is 108 Å². The van der Waals surface area contributed by atoms with Crippen molar-refractivity contribution in [3.63, 3.8) is 0 Å². The van der Waals surface area contributed by atoms with Gasteiger partial charge in [-0.3, -0.25) is 15.3 Å². The molecule has 3 unspecified atom stereocenters. The van der Waals surface area contributed by atoms with Gasteiger partial charge in [0.25, 0.3) is 6.47 Å². The van der Waals surface area contributed by atoms with E-state index >= 15 is 0 Å². The molecule has 7 heteroatoms. The van der Waals surface area contributed by atoms with Crippen molar-refractivity contribution in [2.24, 2.45) is 5.73 Å². The molecule has 1 aromatic rings. The first kappa shape index (κ1) is 30.7. The Morgan fingerprint density at radius 2 is 1.74 bits per heavy atom. The van der Waals surface area contributed by atoms with E-state index in [4.69, 9.17) is 15.2 Å². The average molecular weight is 492 g/mol. The van der Waals surface area contributed by atoms with E-state index in [9.17, 15) is 14.7 Å². The summed E-state index contributed by atoms with van der Waals surface area (Å²) in [6.07, 6.45) is 14.5. The van der Waals surface area contributed by atoms with Crippen molar-refractivity contribution in [3.05, 3.63) is 42.0 Å². The molecule has 0 aliphatic rings. The monoisotopic (exact) mass is 491 g/mol. The molecular formula is C28H45NO6. The Balaban J connectivity index is 2.41. The van der Waals surface area contributed by atoms with Gasteiger partial charge in [0.05, 0.1) is 13.2 Å². The number of hydrogen-bond donors (Lipinski definition) is 2. The highest BCUT2D eigenvalue weighted by Gasteiger charge is 2.20. The molecule has 0 bridgehead atoms. The van der Waals surface area contributed by atoms with Gasteiger partial charge in [0.1, 0.15) is 11.9 Å². The molecule has 1 aromatic carbocycles. The van der Waals surface area contributed by atoms with Crippen LogP contribution < -0.4 is 10.5 Å². The summed E-state index contributed by atoms with van der Waals surface area (Å²) in [5.74, 6) is 0.571. The maximum atomic E-state index is 11.1. The van der Waals surface area contributed by atoms with Gasteiger partial charge in [-0.05, 0) is 56.2 Å². The molecule has 0 fully saturated rings. The van der Waals surface area contributed by atoms with Crippen molar-refractivity contribution >= 4 is 12.4 Å². The van der Waals surface area contributed by atoms with Gasteiger partial charge in [-0.2, -0.15) is 0 Å². The highest BCUT2D eigenvalue weighted by Crippen LogP contribution is 2.20. The predicted molar refractivity (Wildman–Crippen MR) is 138 cm³/mol. The molecule has 0 aromatic heterocycles. The second kappa shape index (κ2) is 19.9. The van der Waals surface area contributed by atoms with Crippen LogP contribution in [0.4, 0.5) is 0 Å². The molecule has 0 heterocycles. The lowest BCUT2D eigenvalue weighted by Gasteiger charge is -2.24. The van der Waals surface area contributed by atoms with Crippen molar-refractivity contribution in [1.82, 2.24) is 0 Å². The third kappa shape index (κ3) is 15.3. The third-order valence-electron chi connectivity index (χ3n) is 5.92. The fraction of sp³-hybridized carbons (Fsp3) is 0.643. The van der Waals surface area contributed by atoms with Crippen molar-refractivity contribution in [1.29, 1.82) is 0 Å². The molecule has 198 valence electrons. The fourth-order valence-corrected chi connectivity index (χ4v) is 3.83. The van der Waals surface area contributed by atoms with Gasteiger partial charge in [-0.15, -0.1) is 0 Å². The van der Waals surface area contributed by atoms with E-state index in [0.717, 1.165) is 69.8 Å². The molecule has 1 rings (SSSR count). The maximum absolute atomic E-state index is 11.1. The number of ether oxygens (including phenoxy) is 3. The lowest BCUT2D eigenvalue weighted by atomic mass is 10.0. The Kier molecular flexibility index (Phi) is 17.4. The predicted octanol–water partition coefficient (Wildman–Crippen LogP) is 5.23. The van der Waals surface area contributed by atoms with Gasteiger partial charge in [-0.1, -0.05) is 63.3 Å². The molecule has 0 radical (unpaired) electrons. The van der Waals surface area contributed by atoms with Gasteiger partial charge < -0.3 is 19.3 Å². The fourth-order valence-electron chi connectivity index (χ4n) is 3.83. The van der Waals surface area contributed by atoms with Gasteiger partial charge in [0, 0.05) is 12.8 Å². The van der Waals surface area contributed by atoms with Crippen molar-refractivity contribution in [3.8, 4) is 5.75 Å². The molecule has 0 amide bonds. The van der Waals surface area contributed by atoms with E-state index in [1.807, 2.05) is 24.3 Å². The highest BCUT2D eigenvalue weighted by molar-refractivity contribution is 5.68. The summed E-state index contributed by atoms with van der Waals surface area (Å²) < 4.78 is 15.5. The van der Waals surface area contributed by atoms with E-state index in [1.165, 1.54) is 7.11 Å². The number of unbranched alkanes of at least 4 members (excludes halogenated alkanes) is 7. The van der Waals surface area contributed by atoms with Crippen LogP contribution in [-0.4, -0.2) is 43.1 Å². The molecule has 0 aliphatic carbocycles. The van der Waals surface area contributed by atoms with Gasteiger partial charge in [-0.25, -0.2) is 0 Å². The van der Waals surface area contributed by atoms with Crippen LogP contribution in [0.3, 0.4) is 0 Å². The first-order chi connectivity index (χ1) is 17.0. The van der Waals surface area contributed by atoms with E-state index < -0.39 is 12.3 Å².